The Morgan fingerprint density at radius 3 is 2.52 bits per heavy atom. The highest BCUT2D eigenvalue weighted by molar-refractivity contribution is 5.92. The fourth-order valence-corrected chi connectivity index (χ4v) is 4.34. The van der Waals surface area contributed by atoms with Crippen molar-refractivity contribution in [3.8, 4) is 22.8 Å². The molecule has 0 spiro atoms. The minimum Gasteiger partial charge on any atom is -0.497 e. The molecule has 0 saturated heterocycles. The summed E-state index contributed by atoms with van der Waals surface area (Å²) in [7, 11) is 3.09. The van der Waals surface area contributed by atoms with Gasteiger partial charge in [0.25, 0.3) is 5.56 Å². The van der Waals surface area contributed by atoms with Gasteiger partial charge in [-0.05, 0) is 68.9 Å². The van der Waals surface area contributed by atoms with Crippen molar-refractivity contribution in [2.75, 3.05) is 19.5 Å². The largest absolute Gasteiger partial charge is 0.497 e. The number of ether oxygens (including phenoxy) is 2. The summed E-state index contributed by atoms with van der Waals surface area (Å²) < 4.78 is 11.9. The molecule has 0 aliphatic heterocycles. The van der Waals surface area contributed by atoms with E-state index in [2.05, 4.69) is 23.5 Å². The molecule has 0 fully saturated rings. The maximum absolute atomic E-state index is 13.2. The van der Waals surface area contributed by atoms with Gasteiger partial charge in [0.1, 0.15) is 18.0 Å². The molecule has 1 amide bonds. The standard InChI is InChI=1S/C26H29N3O4/c1-16-9-10-17(2)21(13-16)25-19-7-5-6-8-20(19)26(31)29(28-25)15-24(30)27-22-14-18(32-3)11-12-23(22)33-4/h9-14H,5-8,15H2,1-4H3,(H,27,30). The molecule has 0 unspecified atom stereocenters. The van der Waals surface area contributed by atoms with Crippen LogP contribution in [0.5, 0.6) is 11.5 Å². The van der Waals surface area contributed by atoms with Crippen LogP contribution < -0.4 is 20.3 Å². The number of carbonyl (C=O) groups excluding carboxylic acids is 1. The second kappa shape index (κ2) is 9.48. The number of nitrogens with zero attached hydrogens (tertiary/aromatic N) is 2. The summed E-state index contributed by atoms with van der Waals surface area (Å²) in [5.74, 6) is 0.733. The van der Waals surface area contributed by atoms with Gasteiger partial charge in [-0.3, -0.25) is 9.59 Å². The zero-order chi connectivity index (χ0) is 23.5. The predicted octanol–water partition coefficient (Wildman–Crippen LogP) is 4.06. The van der Waals surface area contributed by atoms with E-state index in [0.29, 0.717) is 23.6 Å². The molecule has 4 rings (SSSR count). The van der Waals surface area contributed by atoms with Crippen LogP contribution in [0.1, 0.15) is 35.1 Å². The molecule has 0 atom stereocenters. The van der Waals surface area contributed by atoms with Gasteiger partial charge in [0.2, 0.25) is 5.91 Å². The Hall–Kier alpha value is -3.61. The van der Waals surface area contributed by atoms with Crippen molar-refractivity contribution in [2.24, 2.45) is 0 Å². The van der Waals surface area contributed by atoms with Gasteiger partial charge in [-0.15, -0.1) is 0 Å². The molecule has 7 heteroatoms. The highest BCUT2D eigenvalue weighted by Gasteiger charge is 2.23. The van der Waals surface area contributed by atoms with E-state index in [4.69, 9.17) is 14.6 Å². The summed E-state index contributed by atoms with van der Waals surface area (Å²) in [6.45, 7) is 3.90. The first-order chi connectivity index (χ1) is 15.9. The lowest BCUT2D eigenvalue weighted by atomic mass is 9.88. The smallest absolute Gasteiger partial charge is 0.270 e. The molecule has 0 saturated carbocycles. The molecule has 1 aromatic heterocycles. The van der Waals surface area contributed by atoms with E-state index < -0.39 is 0 Å². The van der Waals surface area contributed by atoms with E-state index in [1.165, 1.54) is 11.8 Å². The minimum atomic E-state index is -0.362. The number of hydrogen-bond donors (Lipinski definition) is 1. The predicted molar refractivity (Wildman–Crippen MR) is 128 cm³/mol. The van der Waals surface area contributed by atoms with Gasteiger partial charge in [0.05, 0.1) is 25.6 Å². The van der Waals surface area contributed by atoms with Crippen molar-refractivity contribution < 1.29 is 14.3 Å². The van der Waals surface area contributed by atoms with Gasteiger partial charge in [-0.1, -0.05) is 17.7 Å². The van der Waals surface area contributed by atoms with Crippen LogP contribution >= 0.6 is 0 Å². The molecule has 33 heavy (non-hydrogen) atoms. The van der Waals surface area contributed by atoms with E-state index in [9.17, 15) is 9.59 Å². The van der Waals surface area contributed by atoms with Crippen LogP contribution in [0.3, 0.4) is 0 Å². The number of carbonyl (C=O) groups is 1. The Bertz CT molecular complexity index is 1260. The fourth-order valence-electron chi connectivity index (χ4n) is 4.34. The van der Waals surface area contributed by atoms with E-state index in [0.717, 1.165) is 52.8 Å². The highest BCUT2D eigenvalue weighted by Crippen LogP contribution is 2.31. The Balaban J connectivity index is 1.72. The third kappa shape index (κ3) is 4.62. The van der Waals surface area contributed by atoms with Crippen molar-refractivity contribution in [3.05, 3.63) is 69.0 Å². The number of hydrogen-bond acceptors (Lipinski definition) is 5. The van der Waals surface area contributed by atoms with Crippen molar-refractivity contribution in [1.29, 1.82) is 0 Å². The van der Waals surface area contributed by atoms with Gasteiger partial charge in [0, 0.05) is 17.2 Å². The highest BCUT2D eigenvalue weighted by atomic mass is 16.5. The summed E-state index contributed by atoms with van der Waals surface area (Å²) in [6.07, 6.45) is 3.53. The Kier molecular flexibility index (Phi) is 6.49. The molecular weight excluding hydrogens is 418 g/mol. The van der Waals surface area contributed by atoms with Crippen LogP contribution in [0.15, 0.2) is 41.2 Å². The lowest BCUT2D eigenvalue weighted by molar-refractivity contribution is -0.117. The van der Waals surface area contributed by atoms with Gasteiger partial charge < -0.3 is 14.8 Å². The summed E-state index contributed by atoms with van der Waals surface area (Å²) in [5.41, 5.74) is 6.12. The number of benzene rings is 2. The maximum Gasteiger partial charge on any atom is 0.270 e. The summed E-state index contributed by atoms with van der Waals surface area (Å²) >= 11 is 0. The van der Waals surface area contributed by atoms with Crippen molar-refractivity contribution in [2.45, 2.75) is 46.1 Å². The lowest BCUT2D eigenvalue weighted by Gasteiger charge is -2.21. The second-order valence-electron chi connectivity index (χ2n) is 8.41. The molecule has 1 heterocycles. The van der Waals surface area contributed by atoms with Gasteiger partial charge >= 0.3 is 0 Å². The number of rotatable bonds is 6. The molecule has 1 N–H and O–H groups in total. The van der Waals surface area contributed by atoms with Gasteiger partial charge in [-0.2, -0.15) is 5.10 Å². The van der Waals surface area contributed by atoms with Crippen molar-refractivity contribution >= 4 is 11.6 Å². The SMILES string of the molecule is COc1ccc(OC)c(NC(=O)Cn2nc(-c3cc(C)ccc3C)c3c(c2=O)CCCC3)c1. The topological polar surface area (TPSA) is 82.4 Å². The number of aromatic nitrogens is 2. The number of methoxy groups -OCH3 is 2. The first-order valence-corrected chi connectivity index (χ1v) is 11.1. The minimum absolute atomic E-state index is 0.188. The molecule has 172 valence electrons. The van der Waals surface area contributed by atoms with Crippen LogP contribution in [-0.4, -0.2) is 29.9 Å². The first-order valence-electron chi connectivity index (χ1n) is 11.1. The molecule has 1 aliphatic carbocycles. The lowest BCUT2D eigenvalue weighted by Crippen LogP contribution is -2.34. The molecule has 0 bridgehead atoms. The van der Waals surface area contributed by atoms with Crippen LogP contribution in [0, 0.1) is 13.8 Å². The monoisotopic (exact) mass is 447 g/mol. The zero-order valence-corrected chi connectivity index (χ0v) is 19.5. The van der Waals surface area contributed by atoms with Crippen LogP contribution in [-0.2, 0) is 24.2 Å². The Morgan fingerprint density at radius 2 is 1.79 bits per heavy atom. The first kappa shape index (κ1) is 22.6. The van der Waals surface area contributed by atoms with E-state index in [1.807, 2.05) is 13.8 Å². The molecule has 0 radical (unpaired) electrons. The van der Waals surface area contributed by atoms with Crippen LogP contribution in [0.4, 0.5) is 5.69 Å². The average Bonchev–Trinajstić information content (AvgIpc) is 2.82. The van der Waals surface area contributed by atoms with E-state index in [1.54, 1.807) is 25.3 Å². The van der Waals surface area contributed by atoms with Crippen LogP contribution in [0.25, 0.3) is 11.3 Å². The Morgan fingerprint density at radius 1 is 1.03 bits per heavy atom. The maximum atomic E-state index is 13.2. The number of nitrogens with one attached hydrogen (secondary N) is 1. The number of fused-ring (bicyclic) bond motifs is 1. The molecule has 3 aromatic rings. The van der Waals surface area contributed by atoms with Gasteiger partial charge in [-0.25, -0.2) is 4.68 Å². The molecule has 2 aromatic carbocycles. The average molecular weight is 448 g/mol. The van der Waals surface area contributed by atoms with E-state index in [-0.39, 0.29) is 18.0 Å². The van der Waals surface area contributed by atoms with Gasteiger partial charge in [0.15, 0.2) is 0 Å². The molecule has 7 nitrogen and oxygen atoms in total. The number of amides is 1. The van der Waals surface area contributed by atoms with Crippen molar-refractivity contribution in [1.82, 2.24) is 9.78 Å². The summed E-state index contributed by atoms with van der Waals surface area (Å²) in [5, 5.41) is 7.53. The molecule has 1 aliphatic rings. The third-order valence-corrected chi connectivity index (χ3v) is 6.09. The third-order valence-electron chi connectivity index (χ3n) is 6.09. The number of anilines is 1. The Labute approximate surface area is 193 Å². The zero-order valence-electron chi connectivity index (χ0n) is 19.5. The molecular formula is C26H29N3O4. The quantitative estimate of drug-likeness (QED) is 0.616. The van der Waals surface area contributed by atoms with Crippen molar-refractivity contribution in [3.63, 3.8) is 0 Å². The summed E-state index contributed by atoms with van der Waals surface area (Å²) in [6, 6.07) is 11.4. The number of aryl methyl sites for hydroxylation is 2. The van der Waals surface area contributed by atoms with E-state index >= 15 is 0 Å². The summed E-state index contributed by atoms with van der Waals surface area (Å²) in [4.78, 5) is 26.2. The second-order valence-corrected chi connectivity index (χ2v) is 8.41. The fraction of sp³-hybridized carbons (Fsp3) is 0.346. The normalized spacial score (nSPS) is 12.7. The van der Waals surface area contributed by atoms with Crippen LogP contribution in [0.2, 0.25) is 0 Å².